The average molecular weight is 220 g/mol. The molecule has 88 valence electrons. The van der Waals surface area contributed by atoms with Crippen molar-refractivity contribution in [2.75, 3.05) is 20.1 Å². The quantitative estimate of drug-likeness (QED) is 0.722. The third-order valence-corrected chi connectivity index (χ3v) is 4.35. The van der Waals surface area contributed by atoms with E-state index in [2.05, 4.69) is 37.2 Å². The number of fused-ring (bicyclic) bond motifs is 2. The Morgan fingerprint density at radius 3 is 2.94 bits per heavy atom. The molecule has 1 N–H and O–H groups in total. The fraction of sp³-hybridized carbons (Fsp3) is 0.692. The molecule has 0 radical (unpaired) electrons. The zero-order chi connectivity index (χ0) is 11.4. The van der Waals surface area contributed by atoms with Gasteiger partial charge in [-0.2, -0.15) is 0 Å². The standard InChI is InChI=1S/C13H20N2O/c1-12(2)8-13(9-15(12)3)10-5-7-16-11(10)4-6-14-13/h5,7,14H,4,6,8-9H2,1-3H3. The maximum absolute atomic E-state index is 5.59. The van der Waals surface area contributed by atoms with E-state index in [0.717, 1.165) is 25.9 Å². The van der Waals surface area contributed by atoms with E-state index in [1.54, 1.807) is 0 Å². The van der Waals surface area contributed by atoms with Gasteiger partial charge in [-0.3, -0.25) is 4.90 Å². The van der Waals surface area contributed by atoms with Crippen LogP contribution in [0.1, 0.15) is 31.6 Å². The van der Waals surface area contributed by atoms with Crippen molar-refractivity contribution in [2.24, 2.45) is 0 Å². The van der Waals surface area contributed by atoms with Gasteiger partial charge < -0.3 is 9.73 Å². The monoisotopic (exact) mass is 220 g/mol. The molecule has 1 aromatic rings. The van der Waals surface area contributed by atoms with E-state index in [-0.39, 0.29) is 11.1 Å². The summed E-state index contributed by atoms with van der Waals surface area (Å²) in [4.78, 5) is 2.45. The van der Waals surface area contributed by atoms with Crippen molar-refractivity contribution in [2.45, 2.75) is 37.8 Å². The molecular weight excluding hydrogens is 200 g/mol. The van der Waals surface area contributed by atoms with Crippen LogP contribution in [0, 0.1) is 0 Å². The predicted molar refractivity (Wildman–Crippen MR) is 63.4 cm³/mol. The van der Waals surface area contributed by atoms with Gasteiger partial charge in [-0.25, -0.2) is 0 Å². The molecule has 3 heterocycles. The highest BCUT2D eigenvalue weighted by molar-refractivity contribution is 5.33. The van der Waals surface area contributed by atoms with Crippen molar-refractivity contribution in [3.8, 4) is 0 Å². The van der Waals surface area contributed by atoms with Gasteiger partial charge in [0.25, 0.3) is 0 Å². The summed E-state index contributed by atoms with van der Waals surface area (Å²) in [5.74, 6) is 1.19. The van der Waals surface area contributed by atoms with Gasteiger partial charge in [-0.15, -0.1) is 0 Å². The highest BCUT2D eigenvalue weighted by Gasteiger charge is 2.50. The Morgan fingerprint density at radius 1 is 1.44 bits per heavy atom. The lowest BCUT2D eigenvalue weighted by Gasteiger charge is -2.34. The number of nitrogens with zero attached hydrogens (tertiary/aromatic N) is 1. The smallest absolute Gasteiger partial charge is 0.110 e. The van der Waals surface area contributed by atoms with Crippen LogP contribution in [0.25, 0.3) is 0 Å². The Morgan fingerprint density at radius 2 is 2.25 bits per heavy atom. The van der Waals surface area contributed by atoms with Crippen LogP contribution in [-0.4, -0.2) is 30.6 Å². The van der Waals surface area contributed by atoms with Crippen LogP contribution >= 0.6 is 0 Å². The van der Waals surface area contributed by atoms with Crippen molar-refractivity contribution in [1.29, 1.82) is 0 Å². The molecule has 1 unspecified atom stereocenters. The first-order valence-electron chi connectivity index (χ1n) is 6.07. The second-order valence-electron chi connectivity index (χ2n) is 5.86. The summed E-state index contributed by atoms with van der Waals surface area (Å²) < 4.78 is 5.59. The highest BCUT2D eigenvalue weighted by Crippen LogP contribution is 2.43. The third-order valence-electron chi connectivity index (χ3n) is 4.35. The fourth-order valence-corrected chi connectivity index (χ4v) is 3.32. The van der Waals surface area contributed by atoms with Gasteiger partial charge in [0.15, 0.2) is 0 Å². The highest BCUT2D eigenvalue weighted by atomic mass is 16.3. The van der Waals surface area contributed by atoms with Crippen LogP contribution in [0.2, 0.25) is 0 Å². The maximum Gasteiger partial charge on any atom is 0.110 e. The van der Waals surface area contributed by atoms with E-state index in [1.165, 1.54) is 11.3 Å². The minimum Gasteiger partial charge on any atom is -0.469 e. The fourth-order valence-electron chi connectivity index (χ4n) is 3.32. The van der Waals surface area contributed by atoms with Gasteiger partial charge >= 0.3 is 0 Å². The molecule has 3 nitrogen and oxygen atoms in total. The molecule has 1 spiro atoms. The summed E-state index contributed by atoms with van der Waals surface area (Å²) in [6, 6.07) is 2.15. The maximum atomic E-state index is 5.59. The van der Waals surface area contributed by atoms with Crippen LogP contribution < -0.4 is 5.32 Å². The largest absolute Gasteiger partial charge is 0.469 e. The van der Waals surface area contributed by atoms with Crippen LogP contribution in [-0.2, 0) is 12.0 Å². The number of rotatable bonds is 0. The number of furan rings is 1. The average Bonchev–Trinajstić information content (AvgIpc) is 2.73. The molecule has 1 saturated heterocycles. The van der Waals surface area contributed by atoms with Gasteiger partial charge in [0.05, 0.1) is 11.8 Å². The van der Waals surface area contributed by atoms with E-state index in [1.807, 2.05) is 6.26 Å². The predicted octanol–water partition coefficient (Wildman–Crippen LogP) is 1.73. The molecule has 2 aliphatic rings. The lowest BCUT2D eigenvalue weighted by molar-refractivity contribution is 0.217. The van der Waals surface area contributed by atoms with Crippen molar-refractivity contribution in [3.63, 3.8) is 0 Å². The summed E-state index contributed by atoms with van der Waals surface area (Å²) in [6.07, 6.45) is 4.02. The summed E-state index contributed by atoms with van der Waals surface area (Å²) in [5.41, 5.74) is 1.77. The molecule has 1 aromatic heterocycles. The summed E-state index contributed by atoms with van der Waals surface area (Å²) in [6.45, 7) is 6.74. The number of hydrogen-bond donors (Lipinski definition) is 1. The molecule has 2 aliphatic heterocycles. The topological polar surface area (TPSA) is 28.4 Å². The van der Waals surface area contributed by atoms with Crippen molar-refractivity contribution >= 4 is 0 Å². The Labute approximate surface area is 96.8 Å². The van der Waals surface area contributed by atoms with E-state index in [4.69, 9.17) is 4.42 Å². The van der Waals surface area contributed by atoms with E-state index in [9.17, 15) is 0 Å². The van der Waals surface area contributed by atoms with E-state index in [0.29, 0.717) is 0 Å². The van der Waals surface area contributed by atoms with Crippen molar-refractivity contribution in [1.82, 2.24) is 10.2 Å². The van der Waals surface area contributed by atoms with E-state index >= 15 is 0 Å². The van der Waals surface area contributed by atoms with Gasteiger partial charge in [-0.05, 0) is 33.4 Å². The summed E-state index contributed by atoms with van der Waals surface area (Å²) in [7, 11) is 2.21. The minimum atomic E-state index is 0.124. The Bertz CT molecular complexity index is 410. The molecule has 1 atom stereocenters. The first-order chi connectivity index (χ1) is 7.54. The van der Waals surface area contributed by atoms with Crippen molar-refractivity contribution < 1.29 is 4.42 Å². The molecule has 0 bridgehead atoms. The lowest BCUT2D eigenvalue weighted by Crippen LogP contribution is -2.48. The summed E-state index contributed by atoms with van der Waals surface area (Å²) >= 11 is 0. The van der Waals surface area contributed by atoms with Crippen LogP contribution in [0.15, 0.2) is 16.7 Å². The molecule has 3 heteroatoms. The molecule has 0 amide bonds. The second-order valence-corrected chi connectivity index (χ2v) is 5.86. The minimum absolute atomic E-state index is 0.124. The number of hydrogen-bond acceptors (Lipinski definition) is 3. The van der Waals surface area contributed by atoms with Gasteiger partial charge in [0.2, 0.25) is 0 Å². The first-order valence-corrected chi connectivity index (χ1v) is 6.07. The van der Waals surface area contributed by atoms with Crippen LogP contribution in [0.4, 0.5) is 0 Å². The van der Waals surface area contributed by atoms with Gasteiger partial charge in [0, 0.05) is 30.6 Å². The van der Waals surface area contributed by atoms with Crippen LogP contribution in [0.3, 0.4) is 0 Å². The molecule has 0 aliphatic carbocycles. The third kappa shape index (κ3) is 1.28. The molecule has 3 rings (SSSR count). The zero-order valence-electron chi connectivity index (χ0n) is 10.3. The Hall–Kier alpha value is -0.800. The SMILES string of the molecule is CN1CC2(CC1(C)C)NCCc1occc12. The van der Waals surface area contributed by atoms with E-state index < -0.39 is 0 Å². The normalized spacial score (nSPS) is 33.2. The Balaban J connectivity index is 2.04. The number of nitrogens with one attached hydrogen (secondary N) is 1. The van der Waals surface area contributed by atoms with Crippen LogP contribution in [0.5, 0.6) is 0 Å². The Kier molecular flexibility index (Phi) is 2.01. The molecule has 0 aromatic carbocycles. The van der Waals surface area contributed by atoms with Crippen molar-refractivity contribution in [3.05, 3.63) is 23.7 Å². The number of likely N-dealkylation sites (tertiary alicyclic amines) is 1. The molecule has 0 saturated carbocycles. The lowest BCUT2D eigenvalue weighted by atomic mass is 9.81. The molecular formula is C13H20N2O. The van der Waals surface area contributed by atoms with Gasteiger partial charge in [-0.1, -0.05) is 0 Å². The molecule has 16 heavy (non-hydrogen) atoms. The summed E-state index contributed by atoms with van der Waals surface area (Å²) in [5, 5.41) is 3.72. The first kappa shape index (κ1) is 10.4. The number of likely N-dealkylation sites (N-methyl/N-ethyl adjacent to an activating group) is 1. The van der Waals surface area contributed by atoms with Gasteiger partial charge in [0.1, 0.15) is 5.76 Å². The zero-order valence-corrected chi connectivity index (χ0v) is 10.3. The molecule has 1 fully saturated rings. The second kappa shape index (κ2) is 3.11.